The zero-order valence-corrected chi connectivity index (χ0v) is 26.1. The van der Waals surface area contributed by atoms with Crippen molar-refractivity contribution in [2.75, 3.05) is 20.3 Å². The molecule has 9 heteroatoms. The highest BCUT2D eigenvalue weighted by Crippen LogP contribution is 2.49. The molecule has 6 rings (SSSR count). The molecule has 1 saturated carbocycles. The number of pyridine rings is 2. The number of fused-ring (bicyclic) bond motifs is 1. The number of nitrogens with one attached hydrogen (secondary N) is 1. The molecular formula is C36H34FN3O4S. The molecule has 0 bridgehead atoms. The molecule has 0 saturated heterocycles. The average molecular weight is 624 g/mol. The summed E-state index contributed by atoms with van der Waals surface area (Å²) in [5, 5.41) is 3.30. The molecule has 0 amide bonds. The van der Waals surface area contributed by atoms with Gasteiger partial charge in [-0.25, -0.2) is 4.39 Å². The summed E-state index contributed by atoms with van der Waals surface area (Å²) in [5.74, 6) is -0.261. The van der Waals surface area contributed by atoms with Crippen LogP contribution >= 0.6 is 11.3 Å². The largest absolute Gasteiger partial charge is 0.453 e. The van der Waals surface area contributed by atoms with Gasteiger partial charge in [-0.3, -0.25) is 19.6 Å². The fourth-order valence-electron chi connectivity index (χ4n) is 5.34. The van der Waals surface area contributed by atoms with E-state index in [4.69, 9.17) is 14.5 Å². The van der Waals surface area contributed by atoms with Gasteiger partial charge in [0.15, 0.2) is 23.1 Å². The second kappa shape index (κ2) is 13.4. The van der Waals surface area contributed by atoms with Crippen molar-refractivity contribution in [2.45, 2.75) is 39.2 Å². The van der Waals surface area contributed by atoms with Crippen molar-refractivity contribution in [3.05, 3.63) is 107 Å². The van der Waals surface area contributed by atoms with Crippen molar-refractivity contribution in [3.8, 4) is 22.1 Å². The number of halogens is 1. The lowest BCUT2D eigenvalue weighted by Gasteiger charge is -2.14. The molecule has 1 aliphatic carbocycles. The van der Waals surface area contributed by atoms with E-state index in [1.807, 2.05) is 55.5 Å². The maximum Gasteiger partial charge on any atom is 0.166 e. The highest BCUT2D eigenvalue weighted by molar-refractivity contribution is 7.22. The van der Waals surface area contributed by atoms with Crippen molar-refractivity contribution >= 4 is 33.1 Å². The predicted octanol–water partition coefficient (Wildman–Crippen LogP) is 7.04. The Hall–Kier alpha value is -4.31. The maximum atomic E-state index is 15.3. The van der Waals surface area contributed by atoms with E-state index in [9.17, 15) is 9.59 Å². The minimum absolute atomic E-state index is 0.00140. The third kappa shape index (κ3) is 7.01. The van der Waals surface area contributed by atoms with Crippen LogP contribution < -0.4 is 10.1 Å². The fraction of sp³-hybridized carbons (Fsp3) is 0.278. The molecule has 1 N–H and O–H groups in total. The summed E-state index contributed by atoms with van der Waals surface area (Å²) in [4.78, 5) is 36.5. The summed E-state index contributed by atoms with van der Waals surface area (Å²) in [5.41, 5.74) is 4.04. The number of methoxy groups -OCH3 is 1. The van der Waals surface area contributed by atoms with Gasteiger partial charge < -0.3 is 14.8 Å². The second-order valence-electron chi connectivity index (χ2n) is 11.5. The van der Waals surface area contributed by atoms with E-state index in [2.05, 4.69) is 10.3 Å². The number of Topliss-reactive ketones (excluding diaryl/α,β-unsaturated/α-hetero) is 2. The van der Waals surface area contributed by atoms with Crippen LogP contribution in [-0.2, 0) is 33.7 Å². The number of ketones is 2. The molecule has 45 heavy (non-hydrogen) atoms. The zero-order valence-electron chi connectivity index (χ0n) is 25.3. The molecular weight excluding hydrogens is 589 g/mol. The summed E-state index contributed by atoms with van der Waals surface area (Å²) >= 11 is 1.48. The Kier molecular flexibility index (Phi) is 9.11. The quantitative estimate of drug-likeness (QED) is 0.105. The molecule has 1 fully saturated rings. The second-order valence-corrected chi connectivity index (χ2v) is 12.5. The zero-order chi connectivity index (χ0) is 31.4. The Labute approximate surface area is 265 Å². The van der Waals surface area contributed by atoms with Crippen LogP contribution in [0.25, 0.3) is 20.8 Å². The molecule has 0 spiro atoms. The number of ether oxygens (including phenoxy) is 2. The normalized spacial score (nSPS) is 13.6. The van der Waals surface area contributed by atoms with Gasteiger partial charge in [-0.2, -0.15) is 0 Å². The molecule has 5 aromatic rings. The van der Waals surface area contributed by atoms with Gasteiger partial charge in [0, 0.05) is 45.3 Å². The monoisotopic (exact) mass is 623 g/mol. The Bertz CT molecular complexity index is 1850. The Balaban J connectivity index is 1.13. The average Bonchev–Trinajstić information content (AvgIpc) is 3.74. The standard InChI is InChI=1S/C36H34FN3O4S/c1-23-6-8-24(9-7-23)19-33(41)36(13-14-36)34(42)20-25-10-11-30(27(37)18-25)44-31-12-15-39-29-21-32(45-35(29)31)28-5-3-4-26(40-28)22-38-16-17-43-2/h3-12,15,18,21,38H,13-14,16-17,19-20,22H2,1-2H3. The molecule has 230 valence electrons. The number of nitrogens with zero attached hydrogens (tertiary/aromatic N) is 2. The van der Waals surface area contributed by atoms with E-state index in [0.717, 1.165) is 44.2 Å². The molecule has 7 nitrogen and oxygen atoms in total. The van der Waals surface area contributed by atoms with Crippen molar-refractivity contribution in [3.63, 3.8) is 0 Å². The maximum absolute atomic E-state index is 15.3. The fourth-order valence-corrected chi connectivity index (χ4v) is 6.37. The highest BCUT2D eigenvalue weighted by atomic mass is 32.1. The first-order valence-corrected chi connectivity index (χ1v) is 15.8. The first-order valence-electron chi connectivity index (χ1n) is 15.0. The van der Waals surface area contributed by atoms with Crippen LogP contribution in [0.4, 0.5) is 4.39 Å². The van der Waals surface area contributed by atoms with Crippen LogP contribution in [0.1, 0.15) is 35.2 Å². The Morgan fingerprint density at radius 1 is 0.956 bits per heavy atom. The van der Waals surface area contributed by atoms with Crippen molar-refractivity contribution in [1.82, 2.24) is 15.3 Å². The number of hydrogen-bond acceptors (Lipinski definition) is 8. The third-order valence-corrected chi connectivity index (χ3v) is 9.27. The van der Waals surface area contributed by atoms with E-state index in [1.165, 1.54) is 23.5 Å². The number of benzene rings is 2. The van der Waals surface area contributed by atoms with Crippen molar-refractivity contribution in [2.24, 2.45) is 5.41 Å². The van der Waals surface area contributed by atoms with Gasteiger partial charge in [0.05, 0.1) is 38.5 Å². The summed E-state index contributed by atoms with van der Waals surface area (Å²) < 4.78 is 27.2. The lowest BCUT2D eigenvalue weighted by atomic mass is 9.87. The number of rotatable bonds is 14. The van der Waals surface area contributed by atoms with Crippen LogP contribution in [0.15, 0.2) is 79.0 Å². The van der Waals surface area contributed by atoms with Gasteiger partial charge in [0.25, 0.3) is 0 Å². The minimum Gasteiger partial charge on any atom is -0.453 e. The smallest absolute Gasteiger partial charge is 0.166 e. The number of aryl methyl sites for hydroxylation is 1. The summed E-state index contributed by atoms with van der Waals surface area (Å²) in [7, 11) is 1.67. The molecule has 0 atom stereocenters. The van der Waals surface area contributed by atoms with Gasteiger partial charge >= 0.3 is 0 Å². The van der Waals surface area contributed by atoms with E-state index in [0.29, 0.717) is 37.3 Å². The third-order valence-electron chi connectivity index (χ3n) is 8.11. The number of carbonyl (C=O) groups excluding carboxylic acids is 2. The first kappa shape index (κ1) is 30.7. The number of aromatic nitrogens is 2. The van der Waals surface area contributed by atoms with Crippen LogP contribution in [0.5, 0.6) is 11.5 Å². The van der Waals surface area contributed by atoms with E-state index < -0.39 is 11.2 Å². The Morgan fingerprint density at radius 2 is 1.71 bits per heavy atom. The van der Waals surface area contributed by atoms with E-state index >= 15 is 4.39 Å². The van der Waals surface area contributed by atoms with Gasteiger partial charge in [-0.05, 0) is 61.2 Å². The SMILES string of the molecule is COCCNCc1cccc(-c2cc3nccc(Oc4ccc(CC(=O)C5(C(=O)Cc6ccc(C)cc6)CC5)cc4F)c3s2)n1. The number of hydrogen-bond donors (Lipinski definition) is 1. The van der Waals surface area contributed by atoms with Crippen LogP contribution in [-0.4, -0.2) is 41.8 Å². The molecule has 0 aliphatic heterocycles. The number of carbonyl (C=O) groups is 2. The lowest BCUT2D eigenvalue weighted by molar-refractivity contribution is -0.133. The minimum atomic E-state index is -0.953. The van der Waals surface area contributed by atoms with E-state index in [-0.39, 0.29) is 30.2 Å². The van der Waals surface area contributed by atoms with Crippen LogP contribution in [0.2, 0.25) is 0 Å². The topological polar surface area (TPSA) is 90.4 Å². The molecule has 1 aliphatic rings. The van der Waals surface area contributed by atoms with Gasteiger partial charge in [0.2, 0.25) is 0 Å². The highest BCUT2D eigenvalue weighted by Gasteiger charge is 2.54. The van der Waals surface area contributed by atoms with Crippen LogP contribution in [0, 0.1) is 18.2 Å². The molecule has 2 aromatic carbocycles. The van der Waals surface area contributed by atoms with Gasteiger partial charge in [0.1, 0.15) is 5.75 Å². The van der Waals surface area contributed by atoms with Crippen LogP contribution in [0.3, 0.4) is 0 Å². The number of thiophene rings is 1. The molecule has 0 radical (unpaired) electrons. The van der Waals surface area contributed by atoms with Crippen molar-refractivity contribution in [1.29, 1.82) is 0 Å². The van der Waals surface area contributed by atoms with E-state index in [1.54, 1.807) is 25.4 Å². The Morgan fingerprint density at radius 3 is 2.44 bits per heavy atom. The summed E-state index contributed by atoms with van der Waals surface area (Å²) in [6.07, 6.45) is 2.95. The molecule has 0 unspecified atom stereocenters. The summed E-state index contributed by atoms with van der Waals surface area (Å²) in [6, 6.07) is 21.9. The molecule has 3 heterocycles. The predicted molar refractivity (Wildman–Crippen MR) is 173 cm³/mol. The molecule has 3 aromatic heterocycles. The van der Waals surface area contributed by atoms with Gasteiger partial charge in [-0.15, -0.1) is 11.3 Å². The summed E-state index contributed by atoms with van der Waals surface area (Å²) in [6.45, 7) is 3.98. The van der Waals surface area contributed by atoms with Gasteiger partial charge in [-0.1, -0.05) is 42.0 Å². The van der Waals surface area contributed by atoms with Crippen molar-refractivity contribution < 1.29 is 23.5 Å². The first-order chi connectivity index (χ1) is 21.8. The lowest BCUT2D eigenvalue weighted by Crippen LogP contribution is -2.28.